The van der Waals surface area contributed by atoms with Crippen LogP contribution in [0, 0.1) is 6.92 Å². The van der Waals surface area contributed by atoms with Gasteiger partial charge in [-0.3, -0.25) is 0 Å². The maximum Gasteiger partial charge on any atom is 0.170 e. The minimum Gasteiger partial charge on any atom is -0.361 e. The number of anilines is 2. The second kappa shape index (κ2) is 7.77. The molecule has 24 heavy (non-hydrogen) atoms. The van der Waals surface area contributed by atoms with E-state index in [1.54, 1.807) is 0 Å². The summed E-state index contributed by atoms with van der Waals surface area (Å²) in [6.07, 6.45) is 3.85. The van der Waals surface area contributed by atoms with Gasteiger partial charge in [0.15, 0.2) is 5.11 Å². The highest BCUT2D eigenvalue weighted by Crippen LogP contribution is 2.26. The predicted molar refractivity (Wildman–Crippen MR) is 106 cm³/mol. The molecule has 1 saturated heterocycles. The van der Waals surface area contributed by atoms with Crippen LogP contribution in [0.25, 0.3) is 10.9 Å². The number of nitrogens with two attached hydrogens (primary N) is 1. The van der Waals surface area contributed by atoms with Crippen LogP contribution < -0.4 is 21.3 Å². The third kappa shape index (κ3) is 3.94. The van der Waals surface area contributed by atoms with Gasteiger partial charge in [-0.05, 0) is 68.2 Å². The van der Waals surface area contributed by atoms with E-state index < -0.39 is 0 Å². The van der Waals surface area contributed by atoms with Crippen LogP contribution in [0.2, 0.25) is 0 Å². The second-order valence-electron chi connectivity index (χ2n) is 6.25. The summed E-state index contributed by atoms with van der Waals surface area (Å²) in [6.45, 7) is 5.59. The topological polar surface area (TPSA) is 66.2 Å². The molecule has 1 aromatic carbocycles. The fourth-order valence-electron chi connectivity index (χ4n) is 3.10. The number of pyridine rings is 1. The van der Waals surface area contributed by atoms with Crippen LogP contribution in [0.15, 0.2) is 24.3 Å². The van der Waals surface area contributed by atoms with Crippen molar-refractivity contribution in [1.29, 1.82) is 0 Å². The molecule has 1 aliphatic rings. The molecule has 1 aliphatic heterocycles. The van der Waals surface area contributed by atoms with Gasteiger partial charge in [-0.2, -0.15) is 0 Å². The first-order chi connectivity index (χ1) is 11.7. The van der Waals surface area contributed by atoms with Crippen LogP contribution in [0.4, 0.5) is 11.5 Å². The van der Waals surface area contributed by atoms with E-state index in [1.807, 2.05) is 6.07 Å². The van der Waals surface area contributed by atoms with Crippen molar-refractivity contribution in [2.75, 3.05) is 36.4 Å². The summed E-state index contributed by atoms with van der Waals surface area (Å²) in [5.41, 5.74) is 8.71. The highest BCUT2D eigenvalue weighted by atomic mass is 32.1. The van der Waals surface area contributed by atoms with Crippen molar-refractivity contribution in [1.82, 2.24) is 10.3 Å². The monoisotopic (exact) mass is 343 g/mol. The zero-order chi connectivity index (χ0) is 16.9. The number of nitrogens with one attached hydrogen (secondary N) is 2. The Balaban J connectivity index is 1.82. The van der Waals surface area contributed by atoms with Gasteiger partial charge in [0.1, 0.15) is 5.82 Å². The molecule has 1 aromatic heterocycles. The molecule has 0 saturated carbocycles. The number of benzene rings is 1. The zero-order valence-electron chi connectivity index (χ0n) is 14.1. The molecule has 0 unspecified atom stereocenters. The lowest BCUT2D eigenvalue weighted by Crippen LogP contribution is -2.32. The van der Waals surface area contributed by atoms with E-state index in [0.29, 0.717) is 18.2 Å². The smallest absolute Gasteiger partial charge is 0.170 e. The van der Waals surface area contributed by atoms with Gasteiger partial charge in [-0.1, -0.05) is 0 Å². The second-order valence-corrected chi connectivity index (χ2v) is 6.65. The number of fused-ring (bicyclic) bond motifs is 1. The predicted octanol–water partition coefficient (Wildman–Crippen LogP) is 2.78. The Hall–Kier alpha value is -1.92. The number of hydrogen-bond acceptors (Lipinski definition) is 4. The fraction of sp³-hybridized carbons (Fsp3) is 0.444. The molecule has 0 spiro atoms. The summed E-state index contributed by atoms with van der Waals surface area (Å²) in [7, 11) is 0. The number of piperidine rings is 1. The molecular formula is C18H25N5S. The Morgan fingerprint density at radius 2 is 2.04 bits per heavy atom. The van der Waals surface area contributed by atoms with Crippen molar-refractivity contribution < 1.29 is 0 Å². The van der Waals surface area contributed by atoms with E-state index in [9.17, 15) is 0 Å². The lowest BCUT2D eigenvalue weighted by Gasteiger charge is -2.28. The average molecular weight is 344 g/mol. The Bertz CT molecular complexity index is 725. The van der Waals surface area contributed by atoms with E-state index in [0.717, 1.165) is 35.5 Å². The third-order valence-corrected chi connectivity index (χ3v) is 4.62. The van der Waals surface area contributed by atoms with Gasteiger partial charge in [-0.25, -0.2) is 4.98 Å². The molecule has 2 aromatic rings. The molecule has 5 nitrogen and oxygen atoms in total. The maximum absolute atomic E-state index is 5.48. The van der Waals surface area contributed by atoms with Crippen molar-refractivity contribution in [2.24, 2.45) is 5.73 Å². The lowest BCUT2D eigenvalue weighted by molar-refractivity contribution is 0.574. The third-order valence-electron chi connectivity index (χ3n) is 4.37. The Kier molecular flexibility index (Phi) is 5.48. The molecule has 4 N–H and O–H groups in total. The SMILES string of the molecule is Cc1cc(N2CCCCC2)nc2ccc(NC(=S)NCCN)cc12. The van der Waals surface area contributed by atoms with Crippen molar-refractivity contribution >= 4 is 39.7 Å². The molecule has 0 amide bonds. The molecule has 0 atom stereocenters. The minimum atomic E-state index is 0.557. The van der Waals surface area contributed by atoms with Crippen LogP contribution in [0.1, 0.15) is 24.8 Å². The van der Waals surface area contributed by atoms with Gasteiger partial charge in [0.2, 0.25) is 0 Å². The van der Waals surface area contributed by atoms with Crippen LogP contribution in [-0.4, -0.2) is 36.3 Å². The summed E-state index contributed by atoms with van der Waals surface area (Å²) < 4.78 is 0. The summed E-state index contributed by atoms with van der Waals surface area (Å²) in [5.74, 6) is 1.10. The van der Waals surface area contributed by atoms with Gasteiger partial charge >= 0.3 is 0 Å². The number of aryl methyl sites for hydroxylation is 1. The number of aromatic nitrogens is 1. The van der Waals surface area contributed by atoms with Crippen LogP contribution in [0.3, 0.4) is 0 Å². The average Bonchev–Trinajstić information content (AvgIpc) is 2.61. The highest BCUT2D eigenvalue weighted by Gasteiger charge is 2.14. The van der Waals surface area contributed by atoms with Crippen LogP contribution in [0.5, 0.6) is 0 Å². The summed E-state index contributed by atoms with van der Waals surface area (Å²) >= 11 is 5.26. The number of thiocarbonyl (C=S) groups is 1. The van der Waals surface area contributed by atoms with Gasteiger partial charge < -0.3 is 21.3 Å². The van der Waals surface area contributed by atoms with Crippen LogP contribution >= 0.6 is 12.2 Å². The van der Waals surface area contributed by atoms with Crippen molar-refractivity contribution in [3.05, 3.63) is 29.8 Å². The van der Waals surface area contributed by atoms with E-state index in [2.05, 4.69) is 40.7 Å². The molecule has 0 radical (unpaired) electrons. The normalized spacial score (nSPS) is 14.7. The molecule has 6 heteroatoms. The fourth-order valence-corrected chi connectivity index (χ4v) is 3.32. The van der Waals surface area contributed by atoms with Gasteiger partial charge in [0.25, 0.3) is 0 Å². The zero-order valence-corrected chi connectivity index (χ0v) is 15.0. The first-order valence-electron chi connectivity index (χ1n) is 8.58. The van der Waals surface area contributed by atoms with Crippen molar-refractivity contribution in [3.63, 3.8) is 0 Å². The molecule has 0 bridgehead atoms. The van der Waals surface area contributed by atoms with Crippen LogP contribution in [-0.2, 0) is 0 Å². The molecule has 0 aliphatic carbocycles. The van der Waals surface area contributed by atoms with E-state index >= 15 is 0 Å². The van der Waals surface area contributed by atoms with Crippen molar-refractivity contribution in [3.8, 4) is 0 Å². The summed E-state index contributed by atoms with van der Waals surface area (Å²) in [5, 5.41) is 8.02. The maximum atomic E-state index is 5.48. The van der Waals surface area contributed by atoms with Gasteiger partial charge in [0.05, 0.1) is 5.52 Å². The molecule has 2 heterocycles. The molecule has 128 valence electrons. The minimum absolute atomic E-state index is 0.557. The molecule has 3 rings (SSSR count). The first-order valence-corrected chi connectivity index (χ1v) is 8.99. The quantitative estimate of drug-likeness (QED) is 0.742. The molecular weight excluding hydrogens is 318 g/mol. The Morgan fingerprint density at radius 1 is 1.25 bits per heavy atom. The highest BCUT2D eigenvalue weighted by molar-refractivity contribution is 7.80. The van der Waals surface area contributed by atoms with E-state index in [-0.39, 0.29) is 0 Å². The number of hydrogen-bond donors (Lipinski definition) is 3. The van der Waals surface area contributed by atoms with Gasteiger partial charge in [-0.15, -0.1) is 0 Å². The summed E-state index contributed by atoms with van der Waals surface area (Å²) in [6, 6.07) is 8.38. The first kappa shape index (κ1) is 16.9. The van der Waals surface area contributed by atoms with Crippen molar-refractivity contribution in [2.45, 2.75) is 26.2 Å². The van der Waals surface area contributed by atoms with Gasteiger partial charge in [0, 0.05) is 37.3 Å². The summed E-state index contributed by atoms with van der Waals surface area (Å²) in [4.78, 5) is 7.26. The van der Waals surface area contributed by atoms with E-state index in [1.165, 1.54) is 24.8 Å². The standard InChI is InChI=1S/C18H25N5S/c1-13-11-17(23-9-3-2-4-10-23)22-16-6-5-14(12-15(13)16)21-18(24)20-8-7-19/h5-6,11-12H,2-4,7-10,19H2,1H3,(H2,20,21,24). The lowest BCUT2D eigenvalue weighted by atomic mass is 10.1. The Morgan fingerprint density at radius 3 is 2.79 bits per heavy atom. The Labute approximate surface area is 148 Å². The largest absolute Gasteiger partial charge is 0.361 e. The molecule has 1 fully saturated rings. The number of nitrogens with zero attached hydrogens (tertiary/aromatic N) is 2. The van der Waals surface area contributed by atoms with E-state index in [4.69, 9.17) is 22.9 Å². The number of rotatable bonds is 4.